The van der Waals surface area contributed by atoms with Crippen molar-refractivity contribution in [1.82, 2.24) is 9.80 Å². The largest absolute Gasteiger partial charge is 0.493 e. The highest BCUT2D eigenvalue weighted by molar-refractivity contribution is 5.95. The molecule has 39 heavy (non-hydrogen) atoms. The van der Waals surface area contributed by atoms with Crippen molar-refractivity contribution in [2.24, 2.45) is 11.8 Å². The first kappa shape index (κ1) is 30.3. The smallest absolute Gasteiger partial charge is 0.410 e. The zero-order chi connectivity index (χ0) is 28.6. The van der Waals surface area contributed by atoms with Crippen molar-refractivity contribution in [2.45, 2.75) is 52.7 Å². The summed E-state index contributed by atoms with van der Waals surface area (Å²) in [4.78, 5) is 30.5. The standard InChI is InChI=1S/C31H44N2O6/c1-22(2)33(29(34)24-13-14-27(37-7)28(18-24)38-16-15-36-6)21-26-20-32(30(35)39-31(3,4)5)19-25(26)17-23-11-9-8-10-12-23/h8-14,18,22,25-26H,15-17,19-21H2,1-7H3/t25-,26+/m0/s1. The van der Waals surface area contributed by atoms with Gasteiger partial charge in [-0.1, -0.05) is 30.3 Å². The highest BCUT2D eigenvalue weighted by Gasteiger charge is 2.39. The van der Waals surface area contributed by atoms with E-state index < -0.39 is 5.60 Å². The molecule has 3 rings (SSSR count). The Kier molecular flexibility index (Phi) is 10.6. The summed E-state index contributed by atoms with van der Waals surface area (Å²) < 4.78 is 22.0. The Bertz CT molecular complexity index is 1080. The first-order valence-corrected chi connectivity index (χ1v) is 13.6. The molecule has 214 valence electrons. The topological polar surface area (TPSA) is 77.5 Å². The van der Waals surface area contributed by atoms with Gasteiger partial charge in [0.1, 0.15) is 12.2 Å². The maximum atomic E-state index is 13.8. The maximum absolute atomic E-state index is 13.8. The quantitative estimate of drug-likeness (QED) is 0.360. The fourth-order valence-corrected chi connectivity index (χ4v) is 4.87. The van der Waals surface area contributed by atoms with Gasteiger partial charge >= 0.3 is 6.09 Å². The molecular formula is C31H44N2O6. The summed E-state index contributed by atoms with van der Waals surface area (Å²) >= 11 is 0. The third-order valence-corrected chi connectivity index (χ3v) is 6.84. The molecule has 2 amide bonds. The third kappa shape index (κ3) is 8.62. The fourth-order valence-electron chi connectivity index (χ4n) is 4.87. The second-order valence-electron chi connectivity index (χ2n) is 11.4. The van der Waals surface area contributed by atoms with E-state index in [-0.39, 0.29) is 29.9 Å². The van der Waals surface area contributed by atoms with Crippen LogP contribution >= 0.6 is 0 Å². The molecule has 0 N–H and O–H groups in total. The SMILES string of the molecule is COCCOc1cc(C(=O)N(C[C@H]2CN(C(=O)OC(C)(C)C)C[C@@H]2Cc2ccccc2)C(C)C)ccc1OC. The lowest BCUT2D eigenvalue weighted by Gasteiger charge is -2.32. The number of carbonyl (C=O) groups excluding carboxylic acids is 2. The molecule has 1 saturated heterocycles. The fraction of sp³-hybridized carbons (Fsp3) is 0.548. The zero-order valence-electron chi connectivity index (χ0n) is 24.4. The average molecular weight is 541 g/mol. The second-order valence-corrected chi connectivity index (χ2v) is 11.4. The Morgan fingerprint density at radius 3 is 2.28 bits per heavy atom. The van der Waals surface area contributed by atoms with Gasteiger partial charge in [0.05, 0.1) is 13.7 Å². The van der Waals surface area contributed by atoms with Gasteiger partial charge < -0.3 is 28.7 Å². The van der Waals surface area contributed by atoms with Crippen LogP contribution in [-0.4, -0.2) is 80.5 Å². The summed E-state index contributed by atoms with van der Waals surface area (Å²) in [5.41, 5.74) is 1.18. The number of methoxy groups -OCH3 is 2. The molecule has 0 spiro atoms. The minimum Gasteiger partial charge on any atom is -0.493 e. The first-order valence-electron chi connectivity index (χ1n) is 13.6. The van der Waals surface area contributed by atoms with Gasteiger partial charge in [-0.2, -0.15) is 0 Å². The van der Waals surface area contributed by atoms with E-state index in [9.17, 15) is 9.59 Å². The summed E-state index contributed by atoms with van der Waals surface area (Å²) in [6, 6.07) is 15.5. The molecule has 1 aliphatic heterocycles. The molecule has 0 aliphatic carbocycles. The maximum Gasteiger partial charge on any atom is 0.410 e. The first-order chi connectivity index (χ1) is 18.5. The molecular weight excluding hydrogens is 496 g/mol. The number of hydrogen-bond donors (Lipinski definition) is 0. The van der Waals surface area contributed by atoms with Gasteiger partial charge in [0.2, 0.25) is 0 Å². The van der Waals surface area contributed by atoms with Crippen LogP contribution in [-0.2, 0) is 15.9 Å². The van der Waals surface area contributed by atoms with Gasteiger partial charge in [-0.25, -0.2) is 4.79 Å². The lowest BCUT2D eigenvalue weighted by Crippen LogP contribution is -2.42. The van der Waals surface area contributed by atoms with Crippen molar-refractivity contribution in [3.63, 3.8) is 0 Å². The van der Waals surface area contributed by atoms with Crippen LogP contribution in [0.5, 0.6) is 11.5 Å². The van der Waals surface area contributed by atoms with Crippen LogP contribution in [0.3, 0.4) is 0 Å². The van der Waals surface area contributed by atoms with Crippen LogP contribution < -0.4 is 9.47 Å². The highest BCUT2D eigenvalue weighted by Crippen LogP contribution is 2.32. The molecule has 1 fully saturated rings. The molecule has 1 aliphatic rings. The molecule has 2 aromatic carbocycles. The Labute approximate surface area is 233 Å². The number of amides is 2. The minimum absolute atomic E-state index is 0.0367. The minimum atomic E-state index is -0.568. The number of benzene rings is 2. The lowest BCUT2D eigenvalue weighted by atomic mass is 9.89. The molecule has 0 radical (unpaired) electrons. The summed E-state index contributed by atoms with van der Waals surface area (Å²) in [6.45, 7) is 12.1. The predicted molar refractivity (Wildman–Crippen MR) is 151 cm³/mol. The summed E-state index contributed by atoms with van der Waals surface area (Å²) in [5.74, 6) is 1.27. The van der Waals surface area contributed by atoms with E-state index in [0.717, 1.165) is 6.42 Å². The number of carbonyl (C=O) groups is 2. The molecule has 1 heterocycles. The lowest BCUT2D eigenvalue weighted by molar-refractivity contribution is 0.0282. The van der Waals surface area contributed by atoms with Gasteiger partial charge in [-0.15, -0.1) is 0 Å². The van der Waals surface area contributed by atoms with Crippen LogP contribution in [0, 0.1) is 11.8 Å². The van der Waals surface area contributed by atoms with Crippen molar-refractivity contribution < 1.29 is 28.5 Å². The van der Waals surface area contributed by atoms with E-state index in [1.54, 1.807) is 37.3 Å². The van der Waals surface area contributed by atoms with Gasteiger partial charge in [0, 0.05) is 38.3 Å². The number of rotatable bonds is 11. The molecule has 2 aromatic rings. The van der Waals surface area contributed by atoms with E-state index in [0.29, 0.717) is 49.9 Å². The van der Waals surface area contributed by atoms with Crippen LogP contribution in [0.25, 0.3) is 0 Å². The second kappa shape index (κ2) is 13.7. The molecule has 2 atom stereocenters. The number of hydrogen-bond acceptors (Lipinski definition) is 6. The Morgan fingerprint density at radius 1 is 0.974 bits per heavy atom. The predicted octanol–water partition coefficient (Wildman–Crippen LogP) is 5.30. The van der Waals surface area contributed by atoms with Crippen molar-refractivity contribution in [3.05, 3.63) is 59.7 Å². The van der Waals surface area contributed by atoms with Crippen LogP contribution in [0.4, 0.5) is 4.79 Å². The number of nitrogens with zero attached hydrogens (tertiary/aromatic N) is 2. The van der Waals surface area contributed by atoms with Crippen molar-refractivity contribution in [2.75, 3.05) is 47.1 Å². The van der Waals surface area contributed by atoms with Crippen molar-refractivity contribution in [1.29, 1.82) is 0 Å². The monoisotopic (exact) mass is 540 g/mol. The Hall–Kier alpha value is -3.26. The van der Waals surface area contributed by atoms with Crippen molar-refractivity contribution in [3.8, 4) is 11.5 Å². The molecule has 0 unspecified atom stereocenters. The number of ether oxygens (including phenoxy) is 4. The molecule has 8 nitrogen and oxygen atoms in total. The Balaban J connectivity index is 1.83. The molecule has 8 heteroatoms. The van der Waals surface area contributed by atoms with Crippen LogP contribution in [0.15, 0.2) is 48.5 Å². The van der Waals surface area contributed by atoms with Gasteiger partial charge in [-0.05, 0) is 76.6 Å². The average Bonchev–Trinajstić information content (AvgIpc) is 3.29. The van der Waals surface area contributed by atoms with Gasteiger partial charge in [0.15, 0.2) is 11.5 Å². The number of likely N-dealkylation sites (tertiary alicyclic amines) is 1. The van der Waals surface area contributed by atoms with E-state index in [1.165, 1.54) is 5.56 Å². The highest BCUT2D eigenvalue weighted by atomic mass is 16.6. The summed E-state index contributed by atoms with van der Waals surface area (Å²) in [6.07, 6.45) is 0.517. The molecule has 0 aromatic heterocycles. The Morgan fingerprint density at radius 2 is 1.67 bits per heavy atom. The third-order valence-electron chi connectivity index (χ3n) is 6.84. The summed E-state index contributed by atoms with van der Waals surface area (Å²) in [7, 11) is 3.18. The van der Waals surface area contributed by atoms with Gasteiger partial charge in [0.25, 0.3) is 5.91 Å². The summed E-state index contributed by atoms with van der Waals surface area (Å²) in [5, 5.41) is 0. The molecule has 0 bridgehead atoms. The van der Waals surface area contributed by atoms with Crippen molar-refractivity contribution >= 4 is 12.0 Å². The zero-order valence-corrected chi connectivity index (χ0v) is 24.4. The van der Waals surface area contributed by atoms with Gasteiger partial charge in [-0.3, -0.25) is 4.79 Å². The van der Waals surface area contributed by atoms with E-state index in [2.05, 4.69) is 12.1 Å². The van der Waals surface area contributed by atoms with Crippen LogP contribution in [0.1, 0.15) is 50.5 Å². The normalized spacial score (nSPS) is 17.3. The van der Waals surface area contributed by atoms with E-state index >= 15 is 0 Å². The van der Waals surface area contributed by atoms with E-state index in [1.807, 2.05) is 57.7 Å². The molecule has 0 saturated carbocycles. The van der Waals surface area contributed by atoms with Crippen LogP contribution in [0.2, 0.25) is 0 Å². The van der Waals surface area contributed by atoms with E-state index in [4.69, 9.17) is 18.9 Å².